The van der Waals surface area contributed by atoms with E-state index in [0.717, 1.165) is 38.6 Å². The maximum atomic E-state index is 11.6. The molecule has 1 amide bonds. The highest BCUT2D eigenvalue weighted by Gasteiger charge is 2.27. The summed E-state index contributed by atoms with van der Waals surface area (Å²) >= 11 is 0. The Hall–Kier alpha value is -0.610. The Morgan fingerprint density at radius 1 is 1.21 bits per heavy atom. The van der Waals surface area contributed by atoms with Crippen LogP contribution in [0.4, 0.5) is 0 Å². The van der Waals surface area contributed by atoms with Crippen LogP contribution in [-0.4, -0.2) is 36.2 Å². The molecule has 1 aliphatic carbocycles. The summed E-state index contributed by atoms with van der Waals surface area (Å²) in [7, 11) is 0. The average molecular weight is 270 g/mol. The average Bonchev–Trinajstić information content (AvgIpc) is 2.54. The normalized spacial score (nSPS) is 19.2. The Bertz CT molecular complexity index is 259. The zero-order chi connectivity index (χ0) is 14.1. The molecule has 0 saturated heterocycles. The minimum Gasteiger partial charge on any atom is -0.389 e. The van der Waals surface area contributed by atoms with Gasteiger partial charge in [0, 0.05) is 13.1 Å². The van der Waals surface area contributed by atoms with E-state index >= 15 is 0 Å². The molecule has 1 saturated carbocycles. The first-order valence-electron chi connectivity index (χ1n) is 7.72. The van der Waals surface area contributed by atoms with Crippen LogP contribution in [0.5, 0.6) is 0 Å². The lowest BCUT2D eigenvalue weighted by molar-refractivity contribution is -0.120. The van der Waals surface area contributed by atoms with Gasteiger partial charge in [-0.05, 0) is 25.2 Å². The molecular weight excluding hydrogens is 240 g/mol. The van der Waals surface area contributed by atoms with Crippen LogP contribution in [0.15, 0.2) is 0 Å². The molecule has 0 unspecified atom stereocenters. The number of hydrogen-bond acceptors (Lipinski definition) is 3. The molecule has 4 heteroatoms. The van der Waals surface area contributed by atoms with Crippen LogP contribution in [0.1, 0.15) is 58.8 Å². The lowest BCUT2D eigenvalue weighted by Gasteiger charge is -2.26. The largest absolute Gasteiger partial charge is 0.389 e. The van der Waals surface area contributed by atoms with Gasteiger partial charge in [-0.3, -0.25) is 4.79 Å². The molecule has 3 N–H and O–H groups in total. The molecule has 0 bridgehead atoms. The van der Waals surface area contributed by atoms with Crippen LogP contribution in [-0.2, 0) is 4.79 Å². The van der Waals surface area contributed by atoms with Gasteiger partial charge >= 0.3 is 0 Å². The van der Waals surface area contributed by atoms with Crippen LogP contribution in [0.25, 0.3) is 0 Å². The first-order chi connectivity index (χ1) is 9.02. The van der Waals surface area contributed by atoms with Gasteiger partial charge in [0.2, 0.25) is 5.91 Å². The van der Waals surface area contributed by atoms with Gasteiger partial charge in [-0.15, -0.1) is 0 Å². The molecule has 0 atom stereocenters. The fraction of sp³-hybridized carbons (Fsp3) is 0.933. The van der Waals surface area contributed by atoms with Gasteiger partial charge in [-0.2, -0.15) is 0 Å². The minimum absolute atomic E-state index is 0.0258. The maximum Gasteiger partial charge on any atom is 0.233 e. The van der Waals surface area contributed by atoms with Crippen LogP contribution in [0.2, 0.25) is 0 Å². The van der Waals surface area contributed by atoms with Crippen LogP contribution in [0, 0.1) is 5.92 Å². The first-order valence-corrected chi connectivity index (χ1v) is 7.72. The summed E-state index contributed by atoms with van der Waals surface area (Å²) in [6, 6.07) is 0. The number of rotatable bonds is 7. The van der Waals surface area contributed by atoms with Crippen molar-refractivity contribution in [2.24, 2.45) is 5.92 Å². The Labute approximate surface area is 117 Å². The summed E-state index contributed by atoms with van der Waals surface area (Å²) in [5.41, 5.74) is -0.602. The number of nitrogens with one attached hydrogen (secondary N) is 2. The topological polar surface area (TPSA) is 61.4 Å². The van der Waals surface area contributed by atoms with Crippen molar-refractivity contribution in [3.63, 3.8) is 0 Å². The molecule has 4 nitrogen and oxygen atoms in total. The van der Waals surface area contributed by atoms with Crippen molar-refractivity contribution in [2.45, 2.75) is 64.4 Å². The standard InChI is InChI=1S/C15H30N2O2/c1-13(2)7-10-17-14(18)11-16-12-15(19)8-5-3-4-6-9-15/h13,16,19H,3-12H2,1-2H3,(H,17,18). The molecule has 19 heavy (non-hydrogen) atoms. The Morgan fingerprint density at radius 3 is 2.42 bits per heavy atom. The van der Waals surface area contributed by atoms with Gasteiger partial charge in [0.05, 0.1) is 12.1 Å². The van der Waals surface area contributed by atoms with Crippen molar-refractivity contribution < 1.29 is 9.90 Å². The van der Waals surface area contributed by atoms with Crippen molar-refractivity contribution in [2.75, 3.05) is 19.6 Å². The van der Waals surface area contributed by atoms with Crippen LogP contribution < -0.4 is 10.6 Å². The molecule has 112 valence electrons. The van der Waals surface area contributed by atoms with Crippen molar-refractivity contribution in [3.05, 3.63) is 0 Å². The molecule has 0 heterocycles. The van der Waals surface area contributed by atoms with Crippen molar-refractivity contribution in [3.8, 4) is 0 Å². The van der Waals surface area contributed by atoms with E-state index in [1.807, 2.05) is 0 Å². The predicted molar refractivity (Wildman–Crippen MR) is 78.0 cm³/mol. The minimum atomic E-state index is -0.602. The lowest BCUT2D eigenvalue weighted by Crippen LogP contribution is -2.44. The second-order valence-electron chi connectivity index (χ2n) is 6.27. The molecule has 0 aliphatic heterocycles. The monoisotopic (exact) mass is 270 g/mol. The summed E-state index contributed by atoms with van der Waals surface area (Å²) in [6.45, 7) is 5.87. The highest BCUT2D eigenvalue weighted by molar-refractivity contribution is 5.77. The number of amides is 1. The van der Waals surface area contributed by atoms with E-state index in [2.05, 4.69) is 24.5 Å². The molecule has 1 rings (SSSR count). The number of hydrogen-bond donors (Lipinski definition) is 3. The quantitative estimate of drug-likeness (QED) is 0.618. The first kappa shape index (κ1) is 16.4. The highest BCUT2D eigenvalue weighted by atomic mass is 16.3. The fourth-order valence-electron chi connectivity index (χ4n) is 2.53. The van der Waals surface area contributed by atoms with Crippen LogP contribution >= 0.6 is 0 Å². The molecule has 1 fully saturated rings. The van der Waals surface area contributed by atoms with Gasteiger partial charge < -0.3 is 15.7 Å². The van der Waals surface area contributed by atoms with E-state index in [1.54, 1.807) is 0 Å². The van der Waals surface area contributed by atoms with Crippen LogP contribution in [0.3, 0.4) is 0 Å². The van der Waals surface area contributed by atoms with E-state index in [9.17, 15) is 9.90 Å². The summed E-state index contributed by atoms with van der Waals surface area (Å²) in [4.78, 5) is 11.6. The Kier molecular flexibility index (Phi) is 7.39. The van der Waals surface area contributed by atoms with Crippen molar-refractivity contribution >= 4 is 5.91 Å². The molecule has 0 aromatic carbocycles. The molecule has 0 aromatic rings. The molecule has 0 radical (unpaired) electrons. The third kappa shape index (κ3) is 7.53. The van der Waals surface area contributed by atoms with Gasteiger partial charge in [0.1, 0.15) is 0 Å². The molecule has 0 spiro atoms. The summed E-state index contributed by atoms with van der Waals surface area (Å²) in [6.07, 6.45) is 7.35. The smallest absolute Gasteiger partial charge is 0.233 e. The number of carbonyl (C=O) groups excluding carboxylic acids is 1. The third-order valence-electron chi connectivity index (χ3n) is 3.82. The molecule has 0 aromatic heterocycles. The number of carbonyl (C=O) groups is 1. The van der Waals surface area contributed by atoms with E-state index in [1.165, 1.54) is 12.8 Å². The van der Waals surface area contributed by atoms with E-state index in [4.69, 9.17) is 0 Å². The predicted octanol–water partition coefficient (Wildman–Crippen LogP) is 1.82. The highest BCUT2D eigenvalue weighted by Crippen LogP contribution is 2.26. The lowest BCUT2D eigenvalue weighted by atomic mass is 9.94. The van der Waals surface area contributed by atoms with Gasteiger partial charge in [-0.1, -0.05) is 39.5 Å². The maximum absolute atomic E-state index is 11.6. The number of aliphatic hydroxyl groups is 1. The molecule has 1 aliphatic rings. The summed E-state index contributed by atoms with van der Waals surface area (Å²) in [5, 5.41) is 16.4. The second kappa shape index (κ2) is 8.54. The summed E-state index contributed by atoms with van der Waals surface area (Å²) < 4.78 is 0. The third-order valence-corrected chi connectivity index (χ3v) is 3.82. The fourth-order valence-corrected chi connectivity index (χ4v) is 2.53. The Balaban J connectivity index is 2.12. The Morgan fingerprint density at radius 2 is 1.84 bits per heavy atom. The zero-order valence-corrected chi connectivity index (χ0v) is 12.5. The van der Waals surface area contributed by atoms with E-state index in [0.29, 0.717) is 19.0 Å². The zero-order valence-electron chi connectivity index (χ0n) is 12.5. The van der Waals surface area contributed by atoms with Gasteiger partial charge in [-0.25, -0.2) is 0 Å². The second-order valence-corrected chi connectivity index (χ2v) is 6.27. The molecular formula is C15H30N2O2. The van der Waals surface area contributed by atoms with Gasteiger partial charge in [0.25, 0.3) is 0 Å². The summed E-state index contributed by atoms with van der Waals surface area (Å²) in [5.74, 6) is 0.637. The van der Waals surface area contributed by atoms with Crippen molar-refractivity contribution in [1.29, 1.82) is 0 Å². The van der Waals surface area contributed by atoms with E-state index in [-0.39, 0.29) is 5.91 Å². The van der Waals surface area contributed by atoms with Gasteiger partial charge in [0.15, 0.2) is 0 Å². The van der Waals surface area contributed by atoms with E-state index < -0.39 is 5.60 Å². The van der Waals surface area contributed by atoms with Crippen molar-refractivity contribution in [1.82, 2.24) is 10.6 Å². The SMILES string of the molecule is CC(C)CCNC(=O)CNCC1(O)CCCCCC1.